The van der Waals surface area contributed by atoms with Crippen molar-refractivity contribution in [2.24, 2.45) is 0 Å². The van der Waals surface area contributed by atoms with Gasteiger partial charge in [0.2, 0.25) is 0 Å². The Morgan fingerprint density at radius 1 is 1.19 bits per heavy atom. The number of aromatic nitrogens is 1. The third-order valence-corrected chi connectivity index (χ3v) is 4.12. The molecule has 0 saturated carbocycles. The van der Waals surface area contributed by atoms with Crippen molar-refractivity contribution in [3.63, 3.8) is 0 Å². The van der Waals surface area contributed by atoms with Crippen molar-refractivity contribution in [1.29, 1.82) is 0 Å². The number of nitrogens with zero attached hydrogens (tertiary/aromatic N) is 2. The average Bonchev–Trinajstić information content (AvgIpc) is 2.49. The number of piperazine rings is 1. The molecule has 21 heavy (non-hydrogen) atoms. The molecule has 1 aliphatic rings. The maximum absolute atomic E-state index is 12.2. The van der Waals surface area contributed by atoms with E-state index in [0.29, 0.717) is 0 Å². The maximum Gasteiger partial charge on any atom is 0.257 e. The van der Waals surface area contributed by atoms with Crippen LogP contribution in [0.4, 0.5) is 5.82 Å². The summed E-state index contributed by atoms with van der Waals surface area (Å²) in [4.78, 5) is 19.7. The zero-order valence-corrected chi connectivity index (χ0v) is 12.3. The van der Waals surface area contributed by atoms with Gasteiger partial charge in [0, 0.05) is 38.1 Å². The van der Waals surface area contributed by atoms with E-state index < -0.39 is 0 Å². The number of β-amino-alcohol motifs (C(OH)–C–C–N with tert-alkyl or cyclic N) is 1. The van der Waals surface area contributed by atoms with E-state index in [9.17, 15) is 4.79 Å². The quantitative estimate of drug-likeness (QED) is 0.882. The molecular formula is C16H21N3O2. The first kappa shape index (κ1) is 14.1. The summed E-state index contributed by atoms with van der Waals surface area (Å²) < 4.78 is 0. The van der Waals surface area contributed by atoms with Crippen LogP contribution in [0.3, 0.4) is 0 Å². The molecule has 1 aromatic heterocycles. The molecule has 2 heterocycles. The normalized spacial score (nSPS) is 16.6. The minimum Gasteiger partial charge on any atom is -0.395 e. The third-order valence-electron chi connectivity index (χ3n) is 4.12. The molecular weight excluding hydrogens is 266 g/mol. The van der Waals surface area contributed by atoms with Gasteiger partial charge < -0.3 is 15.0 Å². The fourth-order valence-corrected chi connectivity index (χ4v) is 2.88. The van der Waals surface area contributed by atoms with Crippen LogP contribution in [0.1, 0.15) is 5.56 Å². The summed E-state index contributed by atoms with van der Waals surface area (Å²) in [5, 5.41) is 10.7. The lowest BCUT2D eigenvalue weighted by Crippen LogP contribution is -2.47. The van der Waals surface area contributed by atoms with E-state index in [2.05, 4.69) is 20.9 Å². The van der Waals surface area contributed by atoms with Crippen LogP contribution >= 0.6 is 0 Å². The van der Waals surface area contributed by atoms with Crippen LogP contribution in [0.5, 0.6) is 0 Å². The molecule has 5 nitrogen and oxygen atoms in total. The summed E-state index contributed by atoms with van der Waals surface area (Å²) in [6.45, 7) is 6.48. The van der Waals surface area contributed by atoms with E-state index in [1.165, 1.54) is 0 Å². The zero-order valence-electron chi connectivity index (χ0n) is 12.3. The highest BCUT2D eigenvalue weighted by Crippen LogP contribution is 2.18. The fraction of sp³-hybridized carbons (Fsp3) is 0.438. The first-order valence-electron chi connectivity index (χ1n) is 7.39. The second kappa shape index (κ2) is 5.87. The Morgan fingerprint density at radius 3 is 2.67 bits per heavy atom. The van der Waals surface area contributed by atoms with Crippen LogP contribution in [0.25, 0.3) is 10.8 Å². The number of aryl methyl sites for hydroxylation is 1. The maximum atomic E-state index is 12.2. The molecule has 0 bridgehead atoms. The SMILES string of the molecule is Cc1ccc2cc(N3CCN(CCO)CC3)[nH]c(=O)c2c1. The Labute approximate surface area is 123 Å². The molecule has 1 saturated heterocycles. The molecule has 2 N–H and O–H groups in total. The van der Waals surface area contributed by atoms with Gasteiger partial charge in [-0.2, -0.15) is 0 Å². The van der Waals surface area contributed by atoms with Gasteiger partial charge >= 0.3 is 0 Å². The number of anilines is 1. The lowest BCUT2D eigenvalue weighted by Gasteiger charge is -2.35. The zero-order chi connectivity index (χ0) is 14.8. The highest BCUT2D eigenvalue weighted by atomic mass is 16.3. The topological polar surface area (TPSA) is 59.6 Å². The van der Waals surface area contributed by atoms with E-state index >= 15 is 0 Å². The van der Waals surface area contributed by atoms with Gasteiger partial charge in [-0.1, -0.05) is 17.7 Å². The summed E-state index contributed by atoms with van der Waals surface area (Å²) in [5.41, 5.74) is 1.07. The summed E-state index contributed by atoms with van der Waals surface area (Å²) in [6, 6.07) is 8.02. The van der Waals surface area contributed by atoms with Gasteiger partial charge in [0.15, 0.2) is 0 Å². The molecule has 0 atom stereocenters. The van der Waals surface area contributed by atoms with Crippen molar-refractivity contribution in [1.82, 2.24) is 9.88 Å². The Kier molecular flexibility index (Phi) is 3.94. The monoisotopic (exact) mass is 287 g/mol. The number of H-pyrrole nitrogens is 1. The highest BCUT2D eigenvalue weighted by molar-refractivity contribution is 5.84. The van der Waals surface area contributed by atoms with Crippen LogP contribution < -0.4 is 10.5 Å². The fourth-order valence-electron chi connectivity index (χ4n) is 2.88. The van der Waals surface area contributed by atoms with Crippen molar-refractivity contribution < 1.29 is 5.11 Å². The molecule has 0 radical (unpaired) electrons. The van der Waals surface area contributed by atoms with Gasteiger partial charge in [-0.15, -0.1) is 0 Å². The third kappa shape index (κ3) is 2.94. The number of hydrogen-bond donors (Lipinski definition) is 2. The first-order chi connectivity index (χ1) is 10.2. The van der Waals surface area contributed by atoms with Crippen LogP contribution in [0, 0.1) is 6.92 Å². The summed E-state index contributed by atoms with van der Waals surface area (Å²) in [6.07, 6.45) is 0. The Morgan fingerprint density at radius 2 is 1.95 bits per heavy atom. The van der Waals surface area contributed by atoms with Crippen LogP contribution in [0.2, 0.25) is 0 Å². The van der Waals surface area contributed by atoms with Gasteiger partial charge in [0.1, 0.15) is 5.82 Å². The number of aliphatic hydroxyl groups is 1. The number of rotatable bonds is 3. The van der Waals surface area contributed by atoms with E-state index in [-0.39, 0.29) is 12.2 Å². The Bertz CT molecular complexity index is 687. The largest absolute Gasteiger partial charge is 0.395 e. The predicted molar refractivity (Wildman–Crippen MR) is 85.0 cm³/mol. The molecule has 1 aromatic carbocycles. The van der Waals surface area contributed by atoms with Crippen LogP contribution in [0.15, 0.2) is 29.1 Å². The number of pyridine rings is 1. The molecule has 0 aliphatic carbocycles. The number of aromatic amines is 1. The van der Waals surface area contributed by atoms with Gasteiger partial charge in [0.05, 0.1) is 6.61 Å². The van der Waals surface area contributed by atoms with E-state index in [1.54, 1.807) is 0 Å². The summed E-state index contributed by atoms with van der Waals surface area (Å²) >= 11 is 0. The number of benzene rings is 1. The minimum atomic E-state index is -0.0241. The molecule has 1 fully saturated rings. The van der Waals surface area contributed by atoms with Crippen molar-refractivity contribution >= 4 is 16.6 Å². The Balaban J connectivity index is 1.85. The van der Waals surface area contributed by atoms with E-state index in [1.807, 2.05) is 25.1 Å². The lowest BCUT2D eigenvalue weighted by atomic mass is 10.1. The van der Waals surface area contributed by atoms with Crippen molar-refractivity contribution in [2.75, 3.05) is 44.2 Å². The molecule has 3 rings (SSSR count). The van der Waals surface area contributed by atoms with Gasteiger partial charge in [-0.25, -0.2) is 0 Å². The molecule has 2 aromatic rings. The molecule has 0 amide bonds. The van der Waals surface area contributed by atoms with Crippen molar-refractivity contribution in [2.45, 2.75) is 6.92 Å². The smallest absolute Gasteiger partial charge is 0.257 e. The lowest BCUT2D eigenvalue weighted by molar-refractivity contribution is 0.188. The van der Waals surface area contributed by atoms with E-state index in [4.69, 9.17) is 5.11 Å². The first-order valence-corrected chi connectivity index (χ1v) is 7.39. The molecule has 1 aliphatic heterocycles. The van der Waals surface area contributed by atoms with Crippen LogP contribution in [-0.4, -0.2) is 54.3 Å². The molecule has 112 valence electrons. The number of fused-ring (bicyclic) bond motifs is 1. The predicted octanol–water partition coefficient (Wildman–Crippen LogP) is 0.951. The van der Waals surface area contributed by atoms with Gasteiger partial charge in [-0.3, -0.25) is 9.69 Å². The standard InChI is InChI=1S/C16H21N3O2/c1-12-2-3-13-11-15(17-16(21)14(13)10-12)19-6-4-18(5-7-19)8-9-20/h2-3,10-11,20H,4-9H2,1H3,(H,17,21). The molecule has 0 spiro atoms. The number of hydrogen-bond acceptors (Lipinski definition) is 4. The highest BCUT2D eigenvalue weighted by Gasteiger charge is 2.17. The molecule has 0 unspecified atom stereocenters. The molecule has 5 heteroatoms. The average molecular weight is 287 g/mol. The second-order valence-electron chi connectivity index (χ2n) is 5.63. The second-order valence-corrected chi connectivity index (χ2v) is 5.63. The van der Waals surface area contributed by atoms with Crippen molar-refractivity contribution in [3.8, 4) is 0 Å². The minimum absolute atomic E-state index is 0.0241. The summed E-state index contributed by atoms with van der Waals surface area (Å²) in [5.74, 6) is 0.889. The van der Waals surface area contributed by atoms with Gasteiger partial charge in [0.25, 0.3) is 5.56 Å². The Hall–Kier alpha value is -1.85. The van der Waals surface area contributed by atoms with Crippen LogP contribution in [-0.2, 0) is 0 Å². The number of nitrogens with one attached hydrogen (secondary N) is 1. The van der Waals surface area contributed by atoms with Gasteiger partial charge in [-0.05, 0) is 24.4 Å². The van der Waals surface area contributed by atoms with E-state index in [0.717, 1.165) is 54.9 Å². The van der Waals surface area contributed by atoms with Crippen molar-refractivity contribution in [3.05, 3.63) is 40.2 Å². The number of aliphatic hydroxyl groups excluding tert-OH is 1. The summed E-state index contributed by atoms with van der Waals surface area (Å²) in [7, 11) is 0.